The molecule has 7 heteroatoms. The number of hydrogen-bond donors (Lipinski definition) is 4. The summed E-state index contributed by atoms with van der Waals surface area (Å²) in [5.74, 6) is -2.16. The van der Waals surface area contributed by atoms with Crippen LogP contribution in [-0.4, -0.2) is 35.0 Å². The first-order valence-electron chi connectivity index (χ1n) is 5.47. The van der Waals surface area contributed by atoms with Gasteiger partial charge in [-0.2, -0.15) is 0 Å². The molecule has 0 bridgehead atoms. The number of aliphatic carboxylic acids is 1. The van der Waals surface area contributed by atoms with E-state index in [4.69, 9.17) is 16.6 Å². The molecule has 1 fully saturated rings. The molecule has 0 radical (unpaired) electrons. The number of nitrogens with one attached hydrogen (secondary N) is 1. The molecule has 0 heterocycles. The van der Waals surface area contributed by atoms with Crippen LogP contribution >= 0.6 is 0 Å². The second kappa shape index (κ2) is 5.62. The third kappa shape index (κ3) is 4.81. The molecule has 1 aliphatic carbocycles. The van der Waals surface area contributed by atoms with E-state index in [2.05, 4.69) is 5.32 Å². The molecule has 0 spiro atoms. The number of hydrogen-bond acceptors (Lipinski definition) is 4. The Morgan fingerprint density at radius 3 is 2.35 bits per heavy atom. The number of carboxylic acid groups (broad SMARTS) is 1. The predicted octanol–water partition coefficient (Wildman–Crippen LogP) is -1.44. The number of carboxylic acids is 1. The van der Waals surface area contributed by atoms with Crippen molar-refractivity contribution < 1.29 is 19.5 Å². The molecule has 0 unspecified atom stereocenters. The second-order valence-electron chi connectivity index (χ2n) is 4.36. The maximum absolute atomic E-state index is 11.6. The molecule has 0 saturated heterocycles. The Bertz CT molecular complexity index is 328. The third-order valence-electron chi connectivity index (χ3n) is 2.64. The van der Waals surface area contributed by atoms with E-state index in [1.807, 2.05) is 0 Å². The van der Waals surface area contributed by atoms with Crippen LogP contribution in [0.15, 0.2) is 0 Å². The quantitative estimate of drug-likeness (QED) is 0.434. The summed E-state index contributed by atoms with van der Waals surface area (Å²) in [6, 6.07) is -2.03. The Balaban J connectivity index is 2.44. The van der Waals surface area contributed by atoms with Crippen molar-refractivity contribution in [3.8, 4) is 0 Å². The van der Waals surface area contributed by atoms with Gasteiger partial charge in [-0.25, -0.2) is 4.79 Å². The monoisotopic (exact) mass is 243 g/mol. The van der Waals surface area contributed by atoms with Gasteiger partial charge in [0.25, 0.3) is 0 Å². The number of nitrogens with two attached hydrogens (primary N) is 2. The highest BCUT2D eigenvalue weighted by Gasteiger charge is 2.29. The van der Waals surface area contributed by atoms with E-state index in [1.165, 1.54) is 0 Å². The highest BCUT2D eigenvalue weighted by molar-refractivity contribution is 5.89. The third-order valence-corrected chi connectivity index (χ3v) is 2.64. The highest BCUT2D eigenvalue weighted by atomic mass is 16.4. The minimum Gasteiger partial charge on any atom is -0.480 e. The van der Waals surface area contributed by atoms with Crippen LogP contribution in [0.3, 0.4) is 0 Å². The van der Waals surface area contributed by atoms with Gasteiger partial charge in [0.15, 0.2) is 0 Å². The van der Waals surface area contributed by atoms with Crippen LogP contribution < -0.4 is 16.8 Å². The Morgan fingerprint density at radius 2 is 1.94 bits per heavy atom. The average molecular weight is 243 g/mol. The van der Waals surface area contributed by atoms with Crippen LogP contribution in [0, 0.1) is 5.92 Å². The first-order valence-corrected chi connectivity index (χ1v) is 5.47. The fourth-order valence-corrected chi connectivity index (χ4v) is 1.50. The highest BCUT2D eigenvalue weighted by Crippen LogP contribution is 2.33. The summed E-state index contributed by atoms with van der Waals surface area (Å²) in [6.07, 6.45) is 2.24. The van der Waals surface area contributed by atoms with Gasteiger partial charge in [0.1, 0.15) is 6.04 Å². The van der Waals surface area contributed by atoms with E-state index in [0.29, 0.717) is 12.3 Å². The molecule has 96 valence electrons. The van der Waals surface area contributed by atoms with E-state index in [1.54, 1.807) is 0 Å². The van der Waals surface area contributed by atoms with E-state index >= 15 is 0 Å². The van der Waals surface area contributed by atoms with Crippen molar-refractivity contribution in [2.24, 2.45) is 17.4 Å². The predicted molar refractivity (Wildman–Crippen MR) is 58.7 cm³/mol. The summed E-state index contributed by atoms with van der Waals surface area (Å²) in [5, 5.41) is 11.0. The van der Waals surface area contributed by atoms with Gasteiger partial charge in [0.2, 0.25) is 11.8 Å². The molecule has 17 heavy (non-hydrogen) atoms. The molecule has 0 aliphatic heterocycles. The zero-order valence-corrected chi connectivity index (χ0v) is 9.39. The minimum absolute atomic E-state index is 0.433. The molecule has 6 N–H and O–H groups in total. The Hall–Kier alpha value is -1.63. The Morgan fingerprint density at radius 1 is 1.35 bits per heavy atom. The van der Waals surface area contributed by atoms with E-state index in [-0.39, 0.29) is 0 Å². The molecular weight excluding hydrogens is 226 g/mol. The maximum atomic E-state index is 11.6. The van der Waals surface area contributed by atoms with Crippen LogP contribution in [0.4, 0.5) is 0 Å². The molecule has 0 aromatic rings. The van der Waals surface area contributed by atoms with Gasteiger partial charge < -0.3 is 21.9 Å². The Labute approximate surface area is 98.5 Å². The molecule has 1 rings (SSSR count). The number of amides is 2. The zero-order chi connectivity index (χ0) is 13.0. The Kier molecular flexibility index (Phi) is 4.45. The molecule has 0 aromatic carbocycles. The van der Waals surface area contributed by atoms with Gasteiger partial charge >= 0.3 is 5.97 Å². The summed E-state index contributed by atoms with van der Waals surface area (Å²) >= 11 is 0. The average Bonchev–Trinajstić information content (AvgIpc) is 2.99. The van der Waals surface area contributed by atoms with E-state index in [0.717, 1.165) is 12.8 Å². The van der Waals surface area contributed by atoms with Crippen LogP contribution in [-0.2, 0) is 14.4 Å². The normalized spacial score (nSPS) is 18.2. The first-order chi connectivity index (χ1) is 7.90. The van der Waals surface area contributed by atoms with Gasteiger partial charge in [0, 0.05) is 0 Å². The van der Waals surface area contributed by atoms with Gasteiger partial charge in [-0.15, -0.1) is 0 Å². The number of primary amides is 1. The molecule has 2 amide bonds. The molecule has 7 nitrogen and oxygen atoms in total. The second-order valence-corrected chi connectivity index (χ2v) is 4.36. The summed E-state index contributed by atoms with van der Waals surface area (Å²) in [7, 11) is 0. The van der Waals surface area contributed by atoms with Crippen molar-refractivity contribution in [3.05, 3.63) is 0 Å². The lowest BCUT2D eigenvalue weighted by atomic mass is 10.1. The van der Waals surface area contributed by atoms with Crippen LogP contribution in [0.25, 0.3) is 0 Å². The van der Waals surface area contributed by atoms with Crippen LogP contribution in [0.1, 0.15) is 25.7 Å². The summed E-state index contributed by atoms with van der Waals surface area (Å²) in [5.41, 5.74) is 10.5. The lowest BCUT2D eigenvalue weighted by Crippen LogP contribution is -2.49. The molecule has 1 aliphatic rings. The lowest BCUT2D eigenvalue weighted by molar-refractivity contribution is -0.143. The van der Waals surface area contributed by atoms with Gasteiger partial charge in [-0.3, -0.25) is 9.59 Å². The van der Waals surface area contributed by atoms with Crippen molar-refractivity contribution in [2.75, 3.05) is 0 Å². The SMILES string of the molecule is NC(=O)C[C@@H](NC(=O)[C@@H](N)CC1CC1)C(=O)O. The fraction of sp³-hybridized carbons (Fsp3) is 0.700. The largest absolute Gasteiger partial charge is 0.480 e. The molecule has 1 saturated carbocycles. The van der Waals surface area contributed by atoms with Crippen LogP contribution in [0.5, 0.6) is 0 Å². The summed E-state index contributed by atoms with van der Waals surface area (Å²) in [6.45, 7) is 0. The molecular formula is C10H17N3O4. The van der Waals surface area contributed by atoms with Crippen molar-refractivity contribution in [1.82, 2.24) is 5.32 Å². The van der Waals surface area contributed by atoms with E-state index in [9.17, 15) is 14.4 Å². The van der Waals surface area contributed by atoms with Crippen LogP contribution in [0.2, 0.25) is 0 Å². The number of rotatable bonds is 7. The minimum atomic E-state index is -1.30. The van der Waals surface area contributed by atoms with Crippen molar-refractivity contribution in [1.29, 1.82) is 0 Å². The van der Waals surface area contributed by atoms with E-state index < -0.39 is 36.3 Å². The van der Waals surface area contributed by atoms with Crippen molar-refractivity contribution in [3.63, 3.8) is 0 Å². The standard InChI is InChI=1S/C10H17N3O4/c11-6(3-5-1-2-5)9(15)13-7(10(16)17)4-8(12)14/h5-7H,1-4,11H2,(H2,12,14)(H,13,15)(H,16,17)/t6-,7+/m0/s1. The zero-order valence-electron chi connectivity index (χ0n) is 9.39. The lowest BCUT2D eigenvalue weighted by Gasteiger charge is -2.16. The smallest absolute Gasteiger partial charge is 0.326 e. The van der Waals surface area contributed by atoms with Gasteiger partial charge in [-0.1, -0.05) is 12.8 Å². The fourth-order valence-electron chi connectivity index (χ4n) is 1.50. The maximum Gasteiger partial charge on any atom is 0.326 e. The van der Waals surface area contributed by atoms with Gasteiger partial charge in [0.05, 0.1) is 12.5 Å². The van der Waals surface area contributed by atoms with Crippen molar-refractivity contribution in [2.45, 2.75) is 37.8 Å². The summed E-state index contributed by atoms with van der Waals surface area (Å²) < 4.78 is 0. The van der Waals surface area contributed by atoms with Crippen molar-refractivity contribution >= 4 is 17.8 Å². The molecule has 2 atom stereocenters. The van der Waals surface area contributed by atoms with Gasteiger partial charge in [-0.05, 0) is 12.3 Å². The summed E-state index contributed by atoms with van der Waals surface area (Å²) in [4.78, 5) is 32.9. The number of carbonyl (C=O) groups excluding carboxylic acids is 2. The molecule has 0 aromatic heterocycles. The first kappa shape index (κ1) is 13.4. The number of carbonyl (C=O) groups is 3. The topological polar surface area (TPSA) is 136 Å².